The van der Waals surface area contributed by atoms with E-state index in [9.17, 15) is 0 Å². The Morgan fingerprint density at radius 1 is 1.38 bits per heavy atom. The summed E-state index contributed by atoms with van der Waals surface area (Å²) in [5, 5.41) is 2.04. The second-order valence-corrected chi connectivity index (χ2v) is 4.28. The van der Waals surface area contributed by atoms with Gasteiger partial charge in [0.05, 0.1) is 24.6 Å². The SMILES string of the molecule is NNc1ccnc(COCc2cccs2)c1. The molecule has 2 aromatic heterocycles. The van der Waals surface area contributed by atoms with Crippen molar-refractivity contribution in [2.24, 2.45) is 5.84 Å². The molecule has 5 heteroatoms. The zero-order chi connectivity index (χ0) is 11.2. The van der Waals surface area contributed by atoms with Crippen LogP contribution in [0.1, 0.15) is 10.6 Å². The molecule has 0 aliphatic carbocycles. The molecule has 16 heavy (non-hydrogen) atoms. The third-order valence-corrected chi connectivity index (χ3v) is 2.91. The number of hydrazine groups is 1. The Labute approximate surface area is 98.1 Å². The summed E-state index contributed by atoms with van der Waals surface area (Å²) in [4.78, 5) is 5.40. The number of rotatable bonds is 5. The maximum Gasteiger partial charge on any atom is 0.0893 e. The Morgan fingerprint density at radius 3 is 3.06 bits per heavy atom. The summed E-state index contributed by atoms with van der Waals surface area (Å²) < 4.78 is 5.54. The highest BCUT2D eigenvalue weighted by Crippen LogP contribution is 2.12. The average Bonchev–Trinajstić information content (AvgIpc) is 2.82. The maximum atomic E-state index is 5.54. The van der Waals surface area contributed by atoms with E-state index in [1.165, 1.54) is 4.88 Å². The van der Waals surface area contributed by atoms with E-state index in [2.05, 4.69) is 16.5 Å². The summed E-state index contributed by atoms with van der Waals surface area (Å²) in [6.45, 7) is 1.12. The molecule has 3 N–H and O–H groups in total. The van der Waals surface area contributed by atoms with Crippen LogP contribution in [0.2, 0.25) is 0 Å². The molecule has 84 valence electrons. The Balaban J connectivity index is 1.85. The molecule has 0 bridgehead atoms. The summed E-state index contributed by atoms with van der Waals surface area (Å²) in [5.74, 6) is 5.31. The smallest absolute Gasteiger partial charge is 0.0893 e. The second kappa shape index (κ2) is 5.60. The number of pyridine rings is 1. The van der Waals surface area contributed by atoms with Crippen molar-refractivity contribution in [2.45, 2.75) is 13.2 Å². The van der Waals surface area contributed by atoms with Gasteiger partial charge in [0.2, 0.25) is 0 Å². The number of nitrogen functional groups attached to an aromatic ring is 1. The Bertz CT molecular complexity index is 431. The molecular formula is C11H13N3OS. The number of anilines is 1. The first-order valence-electron chi connectivity index (χ1n) is 4.90. The first-order chi connectivity index (χ1) is 7.88. The molecule has 0 fully saturated rings. The molecule has 0 saturated carbocycles. The van der Waals surface area contributed by atoms with Crippen LogP contribution in [-0.2, 0) is 18.0 Å². The molecule has 0 aromatic carbocycles. The third-order valence-electron chi connectivity index (χ3n) is 2.06. The van der Waals surface area contributed by atoms with E-state index in [1.54, 1.807) is 17.5 Å². The minimum atomic E-state index is 0.493. The van der Waals surface area contributed by atoms with Crippen molar-refractivity contribution >= 4 is 17.0 Å². The summed E-state index contributed by atoms with van der Waals surface area (Å²) in [6.07, 6.45) is 1.71. The lowest BCUT2D eigenvalue weighted by molar-refractivity contribution is 0.106. The van der Waals surface area contributed by atoms with Crippen LogP contribution in [0, 0.1) is 0 Å². The molecule has 0 saturated heterocycles. The average molecular weight is 235 g/mol. The lowest BCUT2D eigenvalue weighted by atomic mass is 10.3. The van der Waals surface area contributed by atoms with Crippen molar-refractivity contribution in [3.8, 4) is 0 Å². The van der Waals surface area contributed by atoms with E-state index in [0.29, 0.717) is 13.2 Å². The number of hydrogen-bond acceptors (Lipinski definition) is 5. The zero-order valence-electron chi connectivity index (χ0n) is 8.72. The van der Waals surface area contributed by atoms with Gasteiger partial charge in [-0.15, -0.1) is 11.3 Å². The largest absolute Gasteiger partial charge is 0.370 e. The summed E-state index contributed by atoms with van der Waals surface area (Å²) >= 11 is 1.69. The lowest BCUT2D eigenvalue weighted by Gasteiger charge is -2.04. The van der Waals surface area contributed by atoms with Gasteiger partial charge in [0.25, 0.3) is 0 Å². The van der Waals surface area contributed by atoms with Gasteiger partial charge in [-0.1, -0.05) is 6.07 Å². The molecule has 0 radical (unpaired) electrons. The van der Waals surface area contributed by atoms with Gasteiger partial charge < -0.3 is 10.2 Å². The van der Waals surface area contributed by atoms with Crippen molar-refractivity contribution in [1.82, 2.24) is 4.98 Å². The molecule has 2 heterocycles. The minimum Gasteiger partial charge on any atom is -0.370 e. The molecule has 2 rings (SSSR count). The van der Waals surface area contributed by atoms with Gasteiger partial charge in [0, 0.05) is 11.1 Å². The van der Waals surface area contributed by atoms with Crippen LogP contribution < -0.4 is 11.3 Å². The van der Waals surface area contributed by atoms with Gasteiger partial charge in [0.1, 0.15) is 0 Å². The van der Waals surface area contributed by atoms with E-state index in [1.807, 2.05) is 23.6 Å². The molecule has 0 aliphatic heterocycles. The van der Waals surface area contributed by atoms with Gasteiger partial charge >= 0.3 is 0 Å². The summed E-state index contributed by atoms with van der Waals surface area (Å²) in [6, 6.07) is 7.74. The molecule has 0 amide bonds. The van der Waals surface area contributed by atoms with E-state index in [0.717, 1.165) is 11.4 Å². The van der Waals surface area contributed by atoms with Crippen LogP contribution in [0.3, 0.4) is 0 Å². The van der Waals surface area contributed by atoms with Crippen LogP contribution in [0.25, 0.3) is 0 Å². The molecule has 0 aliphatic rings. The number of nitrogens with one attached hydrogen (secondary N) is 1. The van der Waals surface area contributed by atoms with Gasteiger partial charge in [-0.2, -0.15) is 0 Å². The highest BCUT2D eigenvalue weighted by Gasteiger charge is 1.98. The van der Waals surface area contributed by atoms with Crippen molar-refractivity contribution in [3.05, 3.63) is 46.4 Å². The number of ether oxygens (including phenoxy) is 1. The van der Waals surface area contributed by atoms with E-state index in [4.69, 9.17) is 10.6 Å². The highest BCUT2D eigenvalue weighted by atomic mass is 32.1. The molecule has 4 nitrogen and oxygen atoms in total. The highest BCUT2D eigenvalue weighted by molar-refractivity contribution is 7.09. The third kappa shape index (κ3) is 3.03. The summed E-state index contributed by atoms with van der Waals surface area (Å²) in [5.41, 5.74) is 4.28. The Morgan fingerprint density at radius 2 is 2.31 bits per heavy atom. The standard InChI is InChI=1S/C11H13N3OS/c12-14-9-3-4-13-10(6-9)7-15-8-11-2-1-5-16-11/h1-6H,7-8,12H2,(H,13,14). The Kier molecular flexibility index (Phi) is 3.87. The fraction of sp³-hybridized carbons (Fsp3) is 0.182. The van der Waals surface area contributed by atoms with Crippen LogP contribution in [0.4, 0.5) is 5.69 Å². The van der Waals surface area contributed by atoms with Crippen molar-refractivity contribution in [1.29, 1.82) is 0 Å². The lowest BCUT2D eigenvalue weighted by Crippen LogP contribution is -2.07. The van der Waals surface area contributed by atoms with Crippen molar-refractivity contribution < 1.29 is 4.74 Å². The van der Waals surface area contributed by atoms with Crippen LogP contribution >= 0.6 is 11.3 Å². The van der Waals surface area contributed by atoms with Gasteiger partial charge in [-0.3, -0.25) is 10.8 Å². The first-order valence-corrected chi connectivity index (χ1v) is 5.78. The molecule has 0 spiro atoms. The molecule has 0 unspecified atom stereocenters. The maximum absolute atomic E-state index is 5.54. The van der Waals surface area contributed by atoms with Crippen molar-refractivity contribution in [2.75, 3.05) is 5.43 Å². The van der Waals surface area contributed by atoms with Gasteiger partial charge in [-0.05, 0) is 23.6 Å². The van der Waals surface area contributed by atoms with Crippen LogP contribution in [-0.4, -0.2) is 4.98 Å². The fourth-order valence-electron chi connectivity index (χ4n) is 1.30. The van der Waals surface area contributed by atoms with Crippen LogP contribution in [0.15, 0.2) is 35.8 Å². The fourth-order valence-corrected chi connectivity index (χ4v) is 1.94. The molecule has 2 aromatic rings. The van der Waals surface area contributed by atoms with Crippen LogP contribution in [0.5, 0.6) is 0 Å². The van der Waals surface area contributed by atoms with Gasteiger partial charge in [-0.25, -0.2) is 0 Å². The molecular weight excluding hydrogens is 222 g/mol. The number of aromatic nitrogens is 1. The van der Waals surface area contributed by atoms with E-state index in [-0.39, 0.29) is 0 Å². The number of nitrogens with two attached hydrogens (primary N) is 1. The van der Waals surface area contributed by atoms with E-state index < -0.39 is 0 Å². The van der Waals surface area contributed by atoms with Gasteiger partial charge in [0.15, 0.2) is 0 Å². The molecule has 0 atom stereocenters. The number of hydrogen-bond donors (Lipinski definition) is 2. The number of thiophene rings is 1. The topological polar surface area (TPSA) is 60.2 Å². The normalized spacial score (nSPS) is 10.3. The predicted octanol–water partition coefficient (Wildman–Crippen LogP) is 2.15. The Hall–Kier alpha value is -1.43. The first kappa shape index (κ1) is 11.1. The summed E-state index contributed by atoms with van der Waals surface area (Å²) in [7, 11) is 0. The van der Waals surface area contributed by atoms with Crippen molar-refractivity contribution in [3.63, 3.8) is 0 Å². The minimum absolute atomic E-state index is 0.493. The zero-order valence-corrected chi connectivity index (χ0v) is 9.54. The monoisotopic (exact) mass is 235 g/mol. The quantitative estimate of drug-likeness (QED) is 0.616. The predicted molar refractivity (Wildman–Crippen MR) is 64.9 cm³/mol. The van der Waals surface area contributed by atoms with E-state index >= 15 is 0 Å². The number of nitrogens with zero attached hydrogens (tertiary/aromatic N) is 1. The second-order valence-electron chi connectivity index (χ2n) is 3.25.